The minimum absolute atomic E-state index is 0.130. The number of nitrogens with one attached hydrogen (secondary N) is 1. The third-order valence-electron chi connectivity index (χ3n) is 5.66. The van der Waals surface area contributed by atoms with Crippen LogP contribution in [0.3, 0.4) is 0 Å². The van der Waals surface area contributed by atoms with E-state index in [0.29, 0.717) is 11.5 Å². The molecule has 3 aromatic heterocycles. The van der Waals surface area contributed by atoms with Gasteiger partial charge in [0.1, 0.15) is 28.7 Å². The smallest absolute Gasteiger partial charge is 0.243 e. The molecule has 13 heteroatoms. The molecule has 0 saturated carbocycles. The summed E-state index contributed by atoms with van der Waals surface area (Å²) in [5, 5.41) is 22.4. The van der Waals surface area contributed by atoms with Crippen molar-refractivity contribution in [1.29, 1.82) is 0 Å². The van der Waals surface area contributed by atoms with Gasteiger partial charge in [0, 0.05) is 31.6 Å². The summed E-state index contributed by atoms with van der Waals surface area (Å²) in [7, 11) is -0.815. The number of ether oxygens (including phenoxy) is 1. The van der Waals surface area contributed by atoms with E-state index in [0.717, 1.165) is 5.56 Å². The molecule has 2 atom stereocenters. The first kappa shape index (κ1) is 24.1. The first-order chi connectivity index (χ1) is 16.6. The highest BCUT2D eigenvalue weighted by atomic mass is 32.2. The number of hydrogen-bond donors (Lipinski definition) is 2. The second kappa shape index (κ2) is 9.33. The van der Waals surface area contributed by atoms with E-state index in [1.54, 1.807) is 62.4 Å². The van der Waals surface area contributed by atoms with Gasteiger partial charge in [-0.2, -0.15) is 5.10 Å². The summed E-state index contributed by atoms with van der Waals surface area (Å²) in [5.41, 5.74) is 1.47. The van der Waals surface area contributed by atoms with Crippen LogP contribution < -0.4 is 9.46 Å². The maximum absolute atomic E-state index is 13.4. The third-order valence-corrected chi connectivity index (χ3v) is 7.52. The molecule has 0 aliphatic heterocycles. The lowest BCUT2D eigenvalue weighted by Gasteiger charge is -2.21. The summed E-state index contributed by atoms with van der Waals surface area (Å²) in [4.78, 5) is 8.54. The van der Waals surface area contributed by atoms with Crippen LogP contribution in [-0.2, 0) is 17.1 Å². The van der Waals surface area contributed by atoms with E-state index in [1.807, 2.05) is 6.92 Å². The van der Waals surface area contributed by atoms with Crippen LogP contribution >= 0.6 is 0 Å². The topological polar surface area (TPSA) is 150 Å². The predicted molar refractivity (Wildman–Crippen MR) is 129 cm³/mol. The van der Waals surface area contributed by atoms with Gasteiger partial charge < -0.3 is 9.84 Å². The highest BCUT2D eigenvalue weighted by molar-refractivity contribution is 7.93. The summed E-state index contributed by atoms with van der Waals surface area (Å²) >= 11 is 0. The molecule has 35 heavy (non-hydrogen) atoms. The Morgan fingerprint density at radius 2 is 1.83 bits per heavy atom. The van der Waals surface area contributed by atoms with Gasteiger partial charge in [0.05, 0.1) is 12.4 Å². The van der Waals surface area contributed by atoms with Gasteiger partial charge in [0.15, 0.2) is 5.82 Å². The quantitative estimate of drug-likeness (QED) is 0.373. The lowest BCUT2D eigenvalue weighted by molar-refractivity contribution is 0.405. The number of benzene rings is 1. The number of para-hydroxylation sites is 1. The van der Waals surface area contributed by atoms with E-state index in [4.69, 9.17) is 4.74 Å². The van der Waals surface area contributed by atoms with E-state index in [-0.39, 0.29) is 29.0 Å². The van der Waals surface area contributed by atoms with Gasteiger partial charge in [-0.3, -0.25) is 14.0 Å². The number of methoxy groups -OCH3 is 1. The maximum atomic E-state index is 13.4. The zero-order chi connectivity index (χ0) is 25.3. The molecule has 0 aliphatic rings. The molecule has 1 aromatic carbocycles. The lowest BCUT2D eigenvalue weighted by atomic mass is 10.1. The normalized spacial score (nSPS) is 13.4. The molecule has 0 saturated heterocycles. The average Bonchev–Trinajstić information content (AvgIpc) is 3.43. The van der Waals surface area contributed by atoms with Crippen molar-refractivity contribution >= 4 is 16.0 Å². The Morgan fingerprint density at radius 3 is 2.46 bits per heavy atom. The molecule has 0 bridgehead atoms. The van der Waals surface area contributed by atoms with Crippen molar-refractivity contribution in [2.75, 3.05) is 11.8 Å². The molecule has 0 unspecified atom stereocenters. The number of anilines is 1. The fourth-order valence-corrected chi connectivity index (χ4v) is 4.73. The summed E-state index contributed by atoms with van der Waals surface area (Å²) in [6, 6.07) is 6.40. The van der Waals surface area contributed by atoms with Crippen LogP contribution in [0.2, 0.25) is 0 Å². The Kier molecular flexibility index (Phi) is 6.43. The minimum atomic E-state index is -4.00. The summed E-state index contributed by atoms with van der Waals surface area (Å²) < 4.78 is 37.7. The number of nitrogens with zero attached hydrogens (tertiary/aromatic N) is 7. The van der Waals surface area contributed by atoms with Gasteiger partial charge >= 0.3 is 0 Å². The van der Waals surface area contributed by atoms with Crippen LogP contribution in [0, 0.1) is 6.92 Å². The van der Waals surface area contributed by atoms with Crippen molar-refractivity contribution in [1.82, 2.24) is 34.5 Å². The van der Waals surface area contributed by atoms with Crippen molar-refractivity contribution < 1.29 is 18.3 Å². The van der Waals surface area contributed by atoms with Crippen molar-refractivity contribution in [2.45, 2.75) is 31.9 Å². The van der Waals surface area contributed by atoms with E-state index in [1.165, 1.54) is 17.7 Å². The summed E-state index contributed by atoms with van der Waals surface area (Å²) in [5.74, 6) is 0.110. The lowest BCUT2D eigenvalue weighted by Crippen LogP contribution is -2.31. The molecule has 0 fully saturated rings. The minimum Gasteiger partial charge on any atom is -0.506 e. The highest BCUT2D eigenvalue weighted by Gasteiger charge is 2.32. The molecule has 4 rings (SSSR count). The van der Waals surface area contributed by atoms with Crippen LogP contribution in [0.4, 0.5) is 5.95 Å². The third kappa shape index (κ3) is 4.67. The Bertz CT molecular complexity index is 1450. The van der Waals surface area contributed by atoms with Crippen molar-refractivity contribution in [3.8, 4) is 28.7 Å². The second-order valence-corrected chi connectivity index (χ2v) is 10.2. The van der Waals surface area contributed by atoms with Gasteiger partial charge in [0.25, 0.3) is 0 Å². The van der Waals surface area contributed by atoms with Crippen molar-refractivity contribution in [3.63, 3.8) is 0 Å². The van der Waals surface area contributed by atoms with Gasteiger partial charge in [-0.25, -0.2) is 18.4 Å². The number of aromatic hydroxyl groups is 1. The molecule has 0 amide bonds. The van der Waals surface area contributed by atoms with Crippen LogP contribution in [-0.4, -0.2) is 60.4 Å². The Morgan fingerprint density at radius 1 is 1.11 bits per heavy atom. The molecular formula is C22H26N8O4S. The Balaban J connectivity index is 1.79. The van der Waals surface area contributed by atoms with E-state index < -0.39 is 21.2 Å². The first-order valence-corrected chi connectivity index (χ1v) is 12.3. The molecule has 3 heterocycles. The molecular weight excluding hydrogens is 472 g/mol. The fraction of sp³-hybridized carbons (Fsp3) is 0.318. The largest absolute Gasteiger partial charge is 0.506 e. The van der Waals surface area contributed by atoms with Crippen molar-refractivity contribution in [3.05, 3.63) is 54.2 Å². The number of rotatable bonds is 8. The Hall–Kier alpha value is -4.00. The number of aryl methyl sites for hydroxylation is 2. The molecule has 0 radical (unpaired) electrons. The number of phenolic OH excluding ortho intramolecular Hbond substituents is 1. The van der Waals surface area contributed by atoms with E-state index >= 15 is 0 Å². The van der Waals surface area contributed by atoms with Crippen molar-refractivity contribution in [2.24, 2.45) is 7.05 Å². The van der Waals surface area contributed by atoms with E-state index in [2.05, 4.69) is 30.0 Å². The van der Waals surface area contributed by atoms with Gasteiger partial charge in [-0.15, -0.1) is 10.2 Å². The number of hydrogen-bond acceptors (Lipinski definition) is 9. The zero-order valence-corrected chi connectivity index (χ0v) is 20.7. The first-order valence-electron chi connectivity index (χ1n) is 10.7. The number of aromatic nitrogens is 7. The molecule has 0 spiro atoms. The molecule has 184 valence electrons. The molecule has 12 nitrogen and oxygen atoms in total. The predicted octanol–water partition coefficient (Wildman–Crippen LogP) is 2.41. The molecule has 2 N–H and O–H groups in total. The van der Waals surface area contributed by atoms with Crippen LogP contribution in [0.15, 0.2) is 42.9 Å². The van der Waals surface area contributed by atoms with Gasteiger partial charge in [-0.05, 0) is 37.6 Å². The summed E-state index contributed by atoms with van der Waals surface area (Å²) in [6.45, 7) is 5.16. The monoisotopic (exact) mass is 498 g/mol. The summed E-state index contributed by atoms with van der Waals surface area (Å²) in [6.07, 6.45) is 5.00. The van der Waals surface area contributed by atoms with Gasteiger partial charge in [-0.1, -0.05) is 13.0 Å². The van der Waals surface area contributed by atoms with Crippen LogP contribution in [0.1, 0.15) is 31.2 Å². The van der Waals surface area contributed by atoms with Crippen LogP contribution in [0.5, 0.6) is 11.5 Å². The average molecular weight is 499 g/mol. The highest BCUT2D eigenvalue weighted by Crippen LogP contribution is 2.37. The standard InChI is InChI=1S/C22H26N8O4S/c1-13-11-23-20(24-12-13)14(2)15(3)35(32,33)28-22-26-25-21(16-9-10-29(4)27-16)30(22)19-17(31)7-6-8-18(19)34-5/h6-12,14-15,31H,1-5H3,(H,26,28)/t14-,15-/m1/s1. The second-order valence-electron chi connectivity index (χ2n) is 8.14. The number of phenols is 1. The SMILES string of the molecule is COc1cccc(O)c1-n1c(NS(=O)(=O)[C@H](C)[C@@H](C)c2ncc(C)cn2)nnc1-c1ccn(C)n1. The van der Waals surface area contributed by atoms with E-state index in [9.17, 15) is 13.5 Å². The van der Waals surface area contributed by atoms with Gasteiger partial charge in [0.2, 0.25) is 16.0 Å². The molecule has 4 aromatic rings. The fourth-order valence-electron chi connectivity index (χ4n) is 3.50. The number of sulfonamides is 1. The Labute approximate surface area is 202 Å². The molecule has 0 aliphatic carbocycles. The van der Waals surface area contributed by atoms with Crippen LogP contribution in [0.25, 0.3) is 17.2 Å². The zero-order valence-electron chi connectivity index (χ0n) is 19.9. The maximum Gasteiger partial charge on any atom is 0.243 e.